The molecule has 5 heteroatoms. The average Bonchev–Trinajstić information content (AvgIpc) is 2.86. The molecule has 2 rings (SSSR count). The summed E-state index contributed by atoms with van der Waals surface area (Å²) in [4.78, 5) is 16.1. The zero-order chi connectivity index (χ0) is 13.0. The van der Waals surface area contributed by atoms with E-state index in [2.05, 4.69) is 10.3 Å². The number of amides is 1. The van der Waals surface area contributed by atoms with E-state index in [1.807, 2.05) is 6.07 Å². The Morgan fingerprint density at radius 1 is 1.56 bits per heavy atom. The predicted molar refractivity (Wildman–Crippen MR) is 68.0 cm³/mol. The van der Waals surface area contributed by atoms with E-state index in [0.29, 0.717) is 12.2 Å². The third kappa shape index (κ3) is 3.05. The number of aromatic nitrogens is 1. The highest BCUT2D eigenvalue weighted by Gasteiger charge is 2.26. The normalized spacial score (nSPS) is 23.0. The summed E-state index contributed by atoms with van der Waals surface area (Å²) >= 11 is 0. The lowest BCUT2D eigenvalue weighted by atomic mass is 10.2. The minimum absolute atomic E-state index is 0.125. The number of nitrogens with one attached hydrogen (secondary N) is 1. The largest absolute Gasteiger partial charge is 0.381 e. The minimum Gasteiger partial charge on any atom is -0.381 e. The third-order valence-corrected chi connectivity index (χ3v) is 3.35. The van der Waals surface area contributed by atoms with Crippen LogP contribution >= 0.6 is 0 Å². The summed E-state index contributed by atoms with van der Waals surface area (Å²) in [5.41, 5.74) is 6.85. The Hall–Kier alpha value is -1.46. The Morgan fingerprint density at radius 2 is 2.39 bits per heavy atom. The lowest BCUT2D eigenvalue weighted by Gasteiger charge is -2.12. The summed E-state index contributed by atoms with van der Waals surface area (Å²) in [5.74, 6) is -0.125. The molecule has 1 aromatic rings. The van der Waals surface area contributed by atoms with Crippen molar-refractivity contribution in [1.29, 1.82) is 0 Å². The molecule has 98 valence electrons. The molecule has 1 saturated carbocycles. The van der Waals surface area contributed by atoms with Gasteiger partial charge < -0.3 is 15.8 Å². The minimum atomic E-state index is -0.125. The molecular formula is C13H19N3O2. The molecule has 18 heavy (non-hydrogen) atoms. The van der Waals surface area contributed by atoms with Gasteiger partial charge in [0, 0.05) is 25.9 Å². The van der Waals surface area contributed by atoms with Gasteiger partial charge in [-0.1, -0.05) is 6.07 Å². The number of nitrogens with two attached hydrogens (primary N) is 1. The van der Waals surface area contributed by atoms with Crippen LogP contribution in [0.4, 0.5) is 0 Å². The topological polar surface area (TPSA) is 77.2 Å². The molecule has 0 bridgehead atoms. The van der Waals surface area contributed by atoms with E-state index in [0.717, 1.165) is 24.8 Å². The van der Waals surface area contributed by atoms with Crippen LogP contribution in [0.5, 0.6) is 0 Å². The fourth-order valence-electron chi connectivity index (χ4n) is 2.22. The van der Waals surface area contributed by atoms with Crippen molar-refractivity contribution in [2.75, 3.05) is 7.11 Å². The van der Waals surface area contributed by atoms with Crippen molar-refractivity contribution in [2.45, 2.75) is 38.0 Å². The molecule has 1 amide bonds. The Kier molecular flexibility index (Phi) is 4.28. The molecule has 2 atom stereocenters. The molecule has 5 nitrogen and oxygen atoms in total. The molecule has 1 aromatic heterocycles. The predicted octanol–water partition coefficient (Wildman–Crippen LogP) is 0.838. The summed E-state index contributed by atoms with van der Waals surface area (Å²) in [6, 6.07) is 3.73. The SMILES string of the molecule is COC1CCC(NC(=O)c2ccc(CN)cn2)C1. The van der Waals surface area contributed by atoms with Crippen LogP contribution in [-0.2, 0) is 11.3 Å². The van der Waals surface area contributed by atoms with Crippen molar-refractivity contribution < 1.29 is 9.53 Å². The highest BCUT2D eigenvalue weighted by atomic mass is 16.5. The molecule has 1 aliphatic carbocycles. The number of nitrogens with zero attached hydrogens (tertiary/aromatic N) is 1. The van der Waals surface area contributed by atoms with Crippen LogP contribution in [0.1, 0.15) is 35.3 Å². The number of rotatable bonds is 4. The Morgan fingerprint density at radius 3 is 2.94 bits per heavy atom. The maximum Gasteiger partial charge on any atom is 0.270 e. The Balaban J connectivity index is 1.91. The smallest absolute Gasteiger partial charge is 0.270 e. The number of carbonyl (C=O) groups excluding carboxylic acids is 1. The molecule has 1 fully saturated rings. The van der Waals surface area contributed by atoms with Crippen molar-refractivity contribution in [3.05, 3.63) is 29.6 Å². The zero-order valence-corrected chi connectivity index (χ0v) is 10.6. The molecule has 1 aliphatic rings. The van der Waals surface area contributed by atoms with Gasteiger partial charge in [-0.25, -0.2) is 0 Å². The molecule has 0 radical (unpaired) electrons. The quantitative estimate of drug-likeness (QED) is 0.829. The molecule has 1 heterocycles. The lowest BCUT2D eigenvalue weighted by molar-refractivity contribution is 0.0910. The standard InChI is InChI=1S/C13H19N3O2/c1-18-11-4-3-10(6-11)16-13(17)12-5-2-9(7-14)8-15-12/h2,5,8,10-11H,3-4,6-7,14H2,1H3,(H,16,17). The number of hydrogen-bond acceptors (Lipinski definition) is 4. The summed E-state index contributed by atoms with van der Waals surface area (Å²) in [6.07, 6.45) is 4.75. The fraction of sp³-hybridized carbons (Fsp3) is 0.538. The van der Waals surface area contributed by atoms with E-state index in [1.54, 1.807) is 19.4 Å². The van der Waals surface area contributed by atoms with E-state index in [4.69, 9.17) is 10.5 Å². The number of pyridine rings is 1. The van der Waals surface area contributed by atoms with Crippen LogP contribution in [0.2, 0.25) is 0 Å². The van der Waals surface area contributed by atoms with E-state index >= 15 is 0 Å². The third-order valence-electron chi connectivity index (χ3n) is 3.35. The lowest BCUT2D eigenvalue weighted by Crippen LogP contribution is -2.33. The highest BCUT2D eigenvalue weighted by molar-refractivity contribution is 5.92. The van der Waals surface area contributed by atoms with Gasteiger partial charge in [-0.3, -0.25) is 9.78 Å². The van der Waals surface area contributed by atoms with E-state index < -0.39 is 0 Å². The second kappa shape index (κ2) is 5.93. The van der Waals surface area contributed by atoms with Crippen molar-refractivity contribution in [1.82, 2.24) is 10.3 Å². The second-order valence-corrected chi connectivity index (χ2v) is 4.60. The number of methoxy groups -OCH3 is 1. The van der Waals surface area contributed by atoms with E-state index in [9.17, 15) is 4.79 Å². The number of ether oxygens (including phenoxy) is 1. The fourth-order valence-corrected chi connectivity index (χ4v) is 2.22. The van der Waals surface area contributed by atoms with Crippen molar-refractivity contribution in [3.63, 3.8) is 0 Å². The van der Waals surface area contributed by atoms with Gasteiger partial charge in [-0.15, -0.1) is 0 Å². The van der Waals surface area contributed by atoms with Gasteiger partial charge in [0.25, 0.3) is 5.91 Å². The molecule has 2 unspecified atom stereocenters. The van der Waals surface area contributed by atoms with Gasteiger partial charge in [0.15, 0.2) is 0 Å². The maximum absolute atomic E-state index is 11.9. The molecule has 0 aromatic carbocycles. The average molecular weight is 249 g/mol. The van der Waals surface area contributed by atoms with Gasteiger partial charge in [0.1, 0.15) is 5.69 Å². The second-order valence-electron chi connectivity index (χ2n) is 4.60. The van der Waals surface area contributed by atoms with Gasteiger partial charge >= 0.3 is 0 Å². The number of carbonyl (C=O) groups is 1. The summed E-state index contributed by atoms with van der Waals surface area (Å²) in [5, 5.41) is 2.98. The first kappa shape index (κ1) is 13.0. The van der Waals surface area contributed by atoms with E-state index in [1.165, 1.54) is 0 Å². The summed E-state index contributed by atoms with van der Waals surface area (Å²) in [7, 11) is 1.71. The van der Waals surface area contributed by atoms with Gasteiger partial charge in [-0.05, 0) is 30.9 Å². The highest BCUT2D eigenvalue weighted by Crippen LogP contribution is 2.21. The first-order valence-electron chi connectivity index (χ1n) is 6.21. The van der Waals surface area contributed by atoms with Gasteiger partial charge in [0.2, 0.25) is 0 Å². The van der Waals surface area contributed by atoms with Crippen molar-refractivity contribution in [2.24, 2.45) is 5.73 Å². The van der Waals surface area contributed by atoms with Crippen LogP contribution in [0.25, 0.3) is 0 Å². The molecule has 0 saturated heterocycles. The molecular weight excluding hydrogens is 230 g/mol. The monoisotopic (exact) mass is 249 g/mol. The molecule has 3 N–H and O–H groups in total. The van der Waals surface area contributed by atoms with Crippen LogP contribution in [0, 0.1) is 0 Å². The van der Waals surface area contributed by atoms with Crippen LogP contribution < -0.4 is 11.1 Å². The maximum atomic E-state index is 11.9. The summed E-state index contributed by atoms with van der Waals surface area (Å²) < 4.78 is 5.28. The van der Waals surface area contributed by atoms with E-state index in [-0.39, 0.29) is 18.1 Å². The van der Waals surface area contributed by atoms with Crippen LogP contribution in [0.15, 0.2) is 18.3 Å². The van der Waals surface area contributed by atoms with Gasteiger partial charge in [-0.2, -0.15) is 0 Å². The summed E-state index contributed by atoms with van der Waals surface area (Å²) in [6.45, 7) is 0.438. The van der Waals surface area contributed by atoms with Crippen molar-refractivity contribution in [3.8, 4) is 0 Å². The van der Waals surface area contributed by atoms with Gasteiger partial charge in [0.05, 0.1) is 6.10 Å². The first-order chi connectivity index (χ1) is 8.72. The van der Waals surface area contributed by atoms with Crippen LogP contribution in [-0.4, -0.2) is 30.1 Å². The molecule has 0 aliphatic heterocycles. The zero-order valence-electron chi connectivity index (χ0n) is 10.6. The Labute approximate surface area is 107 Å². The molecule has 0 spiro atoms. The Bertz CT molecular complexity index is 405. The van der Waals surface area contributed by atoms with Crippen LogP contribution in [0.3, 0.4) is 0 Å². The number of hydrogen-bond donors (Lipinski definition) is 2. The first-order valence-corrected chi connectivity index (χ1v) is 6.21. The van der Waals surface area contributed by atoms with Crippen molar-refractivity contribution >= 4 is 5.91 Å².